The standard InChI is InChI=1S/C13H17NO.C10H9NO2.C10H15N.C10H14O4.C10H10.C8H8.C5H10.C3H3ClO.2C3H8.C2H6.C2H2.CH5N/c1-4-13(15)14-9-11-5-7-12(8-6-11)10(2)3;1-2-11-9(12)7-5-3-4-6-8(7)10(11)13;1-8(2)10-5-3-9(7-11)4-6-10;1-7(2)9(11)13-5-6-14-10(12)8(3)4;1-3-9-5-7-10(4-2)8-6-9;1-2-8-6-4-3-5-7-8;1-4-5(2)3;1-2-3(4)5;2*1-3-2;3*1-2/h4-8,10H,1,9H2,2-3H3,(H,14,15);3-6H,2H2,1H3;3-6,8H,7,11H2,1-2H3;1,3,5-6H2,2,4H3;3-8H,1-2H2;2-7H,1H2;4-5H,1H2,2-3H3;2H,1H2;2*3H2,1-2H3;1-2H3;1-2H;2H2,1H3. The van der Waals surface area contributed by atoms with Crippen molar-refractivity contribution in [3.63, 3.8) is 0 Å². The average molecular weight is 1300 g/mol. The van der Waals surface area contributed by atoms with Crippen LogP contribution >= 0.6 is 11.6 Å². The van der Waals surface area contributed by atoms with Crippen molar-refractivity contribution in [2.24, 2.45) is 17.4 Å². The van der Waals surface area contributed by atoms with E-state index in [1.807, 2.05) is 105 Å². The lowest BCUT2D eigenvalue weighted by atomic mass is 10.0. The van der Waals surface area contributed by atoms with Gasteiger partial charge in [-0.25, -0.2) is 9.59 Å². The highest BCUT2D eigenvalue weighted by Crippen LogP contribution is 2.22. The number of rotatable bonds is 17. The molecule has 5 aromatic carbocycles. The minimum absolute atomic E-state index is 0.0325. The maximum Gasteiger partial charge on any atom is 0.333 e. The molecule has 0 unspecified atom stereocenters. The Bertz CT molecular complexity index is 2780. The molecule has 0 atom stereocenters. The number of hydrogen-bond donors (Lipinski definition) is 3. The van der Waals surface area contributed by atoms with E-state index in [1.165, 1.54) is 53.1 Å². The van der Waals surface area contributed by atoms with Crippen LogP contribution in [0, 0.1) is 18.8 Å². The lowest BCUT2D eigenvalue weighted by molar-refractivity contribution is -0.147. The molecule has 0 spiro atoms. The zero-order chi connectivity index (χ0) is 73.3. The van der Waals surface area contributed by atoms with Crippen molar-refractivity contribution in [3.8, 4) is 12.8 Å². The molecule has 0 aliphatic carbocycles. The Kier molecular flexibility index (Phi) is 70.7. The molecular formula is C80H115ClN4O8. The number of nitrogens with zero attached hydrogens (tertiary/aromatic N) is 1. The van der Waals surface area contributed by atoms with Crippen LogP contribution in [-0.4, -0.2) is 66.6 Å². The molecule has 1 aliphatic rings. The van der Waals surface area contributed by atoms with Crippen LogP contribution < -0.4 is 16.8 Å². The van der Waals surface area contributed by atoms with Gasteiger partial charge in [-0.05, 0) is 120 Å². The summed E-state index contributed by atoms with van der Waals surface area (Å²) in [5.41, 5.74) is 20.1. The molecule has 5 N–H and O–H groups in total. The number of imide groups is 1. The molecule has 0 aromatic heterocycles. The largest absolute Gasteiger partial charge is 0.459 e. The van der Waals surface area contributed by atoms with Gasteiger partial charge in [-0.1, -0.05) is 282 Å². The fourth-order valence-electron chi connectivity index (χ4n) is 5.72. The molecule has 0 saturated carbocycles. The summed E-state index contributed by atoms with van der Waals surface area (Å²) in [4.78, 5) is 66.4. The highest BCUT2D eigenvalue weighted by atomic mass is 35.5. The van der Waals surface area contributed by atoms with Gasteiger partial charge in [0.1, 0.15) is 13.2 Å². The molecule has 1 aliphatic heterocycles. The number of ether oxygens (including phenoxy) is 2. The lowest BCUT2D eigenvalue weighted by Crippen LogP contribution is -2.29. The van der Waals surface area contributed by atoms with Gasteiger partial charge in [-0.15, -0.1) is 19.4 Å². The minimum Gasteiger partial charge on any atom is -0.459 e. The number of allylic oxidation sites excluding steroid dienone is 2. The van der Waals surface area contributed by atoms with Gasteiger partial charge in [0.15, 0.2) is 0 Å². The Morgan fingerprint density at radius 2 is 0.849 bits per heavy atom. The van der Waals surface area contributed by atoms with Crippen molar-refractivity contribution >= 4 is 64.7 Å². The Hall–Kier alpha value is -8.99. The number of nitrogens with one attached hydrogen (secondary N) is 1. The van der Waals surface area contributed by atoms with Crippen LogP contribution in [0.5, 0.6) is 0 Å². The van der Waals surface area contributed by atoms with Crippen molar-refractivity contribution in [2.75, 3.05) is 26.8 Å². The third-order valence-corrected chi connectivity index (χ3v) is 10.9. The zero-order valence-corrected chi connectivity index (χ0v) is 60.1. The van der Waals surface area contributed by atoms with Gasteiger partial charge in [0, 0.05) is 30.8 Å². The van der Waals surface area contributed by atoms with Crippen molar-refractivity contribution in [1.29, 1.82) is 0 Å². The fraction of sp³-hybridized carbons (Fsp3) is 0.325. The summed E-state index contributed by atoms with van der Waals surface area (Å²) in [6.45, 7) is 59.8. The second-order valence-electron chi connectivity index (χ2n) is 19.7. The molecule has 0 fully saturated rings. The van der Waals surface area contributed by atoms with Gasteiger partial charge in [-0.3, -0.25) is 24.1 Å². The minimum atomic E-state index is -0.509. The van der Waals surface area contributed by atoms with Crippen LogP contribution in [0.2, 0.25) is 0 Å². The van der Waals surface area contributed by atoms with E-state index in [0.717, 1.165) is 22.8 Å². The van der Waals surface area contributed by atoms with Crippen LogP contribution in [0.4, 0.5) is 0 Å². The third kappa shape index (κ3) is 54.5. The van der Waals surface area contributed by atoms with Crippen molar-refractivity contribution in [3.05, 3.63) is 259 Å². The molecule has 3 amide bonds. The topological polar surface area (TPSA) is 188 Å². The van der Waals surface area contributed by atoms with Crippen molar-refractivity contribution < 1.29 is 38.2 Å². The van der Waals surface area contributed by atoms with Crippen LogP contribution in [0.1, 0.15) is 188 Å². The number of fused-ring (bicyclic) bond motifs is 1. The number of esters is 2. The van der Waals surface area contributed by atoms with Crippen LogP contribution in [-0.2, 0) is 41.7 Å². The fourth-order valence-corrected chi connectivity index (χ4v) is 5.72. The second kappa shape index (κ2) is 67.4. The van der Waals surface area contributed by atoms with E-state index in [4.69, 9.17) is 17.3 Å². The number of terminal acetylenes is 1. The first-order valence-corrected chi connectivity index (χ1v) is 31.4. The van der Waals surface area contributed by atoms with E-state index < -0.39 is 17.2 Å². The van der Waals surface area contributed by atoms with E-state index in [1.54, 1.807) is 45.0 Å². The van der Waals surface area contributed by atoms with Crippen molar-refractivity contribution in [1.82, 2.24) is 10.2 Å². The predicted octanol–water partition coefficient (Wildman–Crippen LogP) is 19.2. The summed E-state index contributed by atoms with van der Waals surface area (Å²) in [7, 11) is 1.50. The molecule has 0 bridgehead atoms. The Morgan fingerprint density at radius 1 is 0.548 bits per heavy atom. The Balaban J connectivity index is -0.000000180. The number of carbonyl (C=O) groups is 6. The van der Waals surface area contributed by atoms with Gasteiger partial charge in [0.25, 0.3) is 11.8 Å². The van der Waals surface area contributed by atoms with E-state index in [-0.39, 0.29) is 30.9 Å². The molecule has 13 heteroatoms. The van der Waals surface area contributed by atoms with E-state index in [0.29, 0.717) is 59.7 Å². The Morgan fingerprint density at radius 3 is 1.09 bits per heavy atom. The molecule has 93 heavy (non-hydrogen) atoms. The predicted molar refractivity (Wildman–Crippen MR) is 403 cm³/mol. The smallest absolute Gasteiger partial charge is 0.333 e. The maximum absolute atomic E-state index is 11.5. The molecule has 12 nitrogen and oxygen atoms in total. The molecule has 0 radical (unpaired) electrons. The van der Waals surface area contributed by atoms with Gasteiger partial charge in [-0.2, -0.15) is 0 Å². The van der Waals surface area contributed by atoms with E-state index in [9.17, 15) is 28.8 Å². The summed E-state index contributed by atoms with van der Waals surface area (Å²) in [6, 6.07) is 41.8. The highest BCUT2D eigenvalue weighted by Gasteiger charge is 2.33. The van der Waals surface area contributed by atoms with Gasteiger partial charge in [0.2, 0.25) is 11.1 Å². The zero-order valence-electron chi connectivity index (χ0n) is 59.3. The summed E-state index contributed by atoms with van der Waals surface area (Å²) in [6.07, 6.45) is 20.2. The number of nitrogens with two attached hydrogens (primary N) is 2. The average Bonchev–Trinajstić information content (AvgIpc) is 1.65. The molecule has 6 rings (SSSR count). The highest BCUT2D eigenvalue weighted by molar-refractivity contribution is 6.66. The van der Waals surface area contributed by atoms with Gasteiger partial charge < -0.3 is 26.3 Å². The van der Waals surface area contributed by atoms with E-state index in [2.05, 4.69) is 192 Å². The molecule has 1 heterocycles. The SMILES string of the molecule is C#C.C=C(C)C(=O)OCCOC(=O)C(=C)C.C=CC(=O)Cl.C=CC(=O)NCc1ccc(C(C)C)cc1.C=CC(C)C.C=Cc1ccc(C=C)cc1.C=Cc1ccccc1.CC.CC(C)c1ccc(CN)cc1.CCC.CCC.CCN1C(=O)c2ccccc2C1=O.CN. The molecule has 0 saturated heterocycles. The van der Waals surface area contributed by atoms with Gasteiger partial charge in [0.05, 0.1) is 11.1 Å². The number of carbonyl (C=O) groups excluding carboxylic acids is 6. The second-order valence-corrected chi connectivity index (χ2v) is 20.1. The summed E-state index contributed by atoms with van der Waals surface area (Å²) in [5, 5.41) is 2.23. The first-order chi connectivity index (χ1) is 44.2. The quantitative estimate of drug-likeness (QED) is 0.0154. The van der Waals surface area contributed by atoms with Gasteiger partial charge >= 0.3 is 11.9 Å². The molecule has 5 aromatic rings. The monoisotopic (exact) mass is 1290 g/mol. The number of halogens is 1. The summed E-state index contributed by atoms with van der Waals surface area (Å²) >= 11 is 4.71. The van der Waals surface area contributed by atoms with Crippen molar-refractivity contribution in [2.45, 2.75) is 142 Å². The molecule has 510 valence electrons. The first-order valence-electron chi connectivity index (χ1n) is 31.0. The molecular weight excluding hydrogens is 1180 g/mol. The summed E-state index contributed by atoms with van der Waals surface area (Å²) in [5.74, 6) is 0.334. The Labute approximate surface area is 568 Å². The van der Waals surface area contributed by atoms with Crippen LogP contribution in [0.15, 0.2) is 209 Å². The third-order valence-electron chi connectivity index (χ3n) is 10.7. The maximum atomic E-state index is 11.5. The normalized spacial score (nSPS) is 9.35. The van der Waals surface area contributed by atoms with Crippen LogP contribution in [0.3, 0.4) is 0 Å². The summed E-state index contributed by atoms with van der Waals surface area (Å²) < 4.78 is 9.38. The number of benzene rings is 5. The first kappa shape index (κ1) is 97.6. The lowest BCUT2D eigenvalue weighted by Gasteiger charge is -2.08. The number of amides is 3. The number of hydrogen-bond acceptors (Lipinski definition) is 10. The van der Waals surface area contributed by atoms with E-state index >= 15 is 0 Å². The van der Waals surface area contributed by atoms with Crippen LogP contribution in [0.25, 0.3) is 18.2 Å².